The van der Waals surface area contributed by atoms with E-state index in [-0.39, 0.29) is 12.5 Å². The van der Waals surface area contributed by atoms with Gasteiger partial charge in [0.2, 0.25) is 0 Å². The fourth-order valence-electron chi connectivity index (χ4n) is 3.64. The number of nitrogens with one attached hydrogen (secondary N) is 1. The van der Waals surface area contributed by atoms with E-state index in [9.17, 15) is 4.79 Å². The summed E-state index contributed by atoms with van der Waals surface area (Å²) in [6.45, 7) is 0.579. The summed E-state index contributed by atoms with van der Waals surface area (Å²) in [6.07, 6.45) is 3.07. The molecule has 0 fully saturated rings. The number of fused-ring (bicyclic) bond motifs is 3. The molecule has 1 amide bonds. The highest BCUT2D eigenvalue weighted by Gasteiger charge is 2.28. The van der Waals surface area contributed by atoms with Crippen molar-refractivity contribution in [3.63, 3.8) is 0 Å². The predicted octanol–water partition coefficient (Wildman–Crippen LogP) is 7.20. The molecular weight excluding hydrogens is 441 g/mol. The Labute approximate surface area is 190 Å². The summed E-state index contributed by atoms with van der Waals surface area (Å²) in [5.74, 6) is 0.0358. The van der Waals surface area contributed by atoms with Crippen LogP contribution in [0.1, 0.15) is 22.6 Å². The van der Waals surface area contributed by atoms with Crippen LogP contribution in [0.25, 0.3) is 17.2 Å². The minimum atomic E-state index is -0.471. The van der Waals surface area contributed by atoms with Gasteiger partial charge in [0.05, 0.1) is 10.0 Å². The number of hydrogen-bond donors (Lipinski definition) is 1. The average Bonchev–Trinajstić information content (AvgIpc) is 3.07. The zero-order valence-corrected chi connectivity index (χ0v) is 18.1. The Kier molecular flexibility index (Phi) is 6.33. The molecule has 1 aliphatic carbocycles. The van der Waals surface area contributed by atoms with Crippen LogP contribution in [0, 0.1) is 0 Å². The van der Waals surface area contributed by atoms with Crippen LogP contribution >= 0.6 is 34.8 Å². The molecule has 0 bridgehead atoms. The van der Waals surface area contributed by atoms with Crippen LogP contribution in [0.3, 0.4) is 0 Å². The molecule has 0 heterocycles. The Bertz CT molecular complexity index is 1080. The van der Waals surface area contributed by atoms with E-state index in [4.69, 9.17) is 39.5 Å². The Morgan fingerprint density at radius 1 is 0.900 bits per heavy atom. The molecule has 0 atom stereocenters. The summed E-state index contributed by atoms with van der Waals surface area (Å²) in [6, 6.07) is 19.7. The molecule has 4 rings (SSSR count). The first-order valence-corrected chi connectivity index (χ1v) is 10.6. The molecular formula is C24H18Cl3NO2. The van der Waals surface area contributed by atoms with Crippen molar-refractivity contribution in [3.05, 3.63) is 98.5 Å². The number of alkyl carbamates (subject to hydrolysis) is 1. The molecule has 3 aromatic rings. The quantitative estimate of drug-likeness (QED) is 0.411. The Hall–Kier alpha value is -2.46. The van der Waals surface area contributed by atoms with Gasteiger partial charge >= 0.3 is 6.09 Å². The Morgan fingerprint density at radius 3 is 2.17 bits per heavy atom. The van der Waals surface area contributed by atoms with Gasteiger partial charge in [0, 0.05) is 17.5 Å². The van der Waals surface area contributed by atoms with Gasteiger partial charge < -0.3 is 10.1 Å². The first kappa shape index (κ1) is 20.8. The van der Waals surface area contributed by atoms with Crippen molar-refractivity contribution >= 4 is 47.0 Å². The van der Waals surface area contributed by atoms with Crippen LogP contribution in [0.5, 0.6) is 0 Å². The summed E-state index contributed by atoms with van der Waals surface area (Å²) >= 11 is 18.1. The number of amides is 1. The van der Waals surface area contributed by atoms with Gasteiger partial charge in [-0.15, -0.1) is 0 Å². The summed E-state index contributed by atoms with van der Waals surface area (Å²) in [5.41, 5.74) is 5.48. The van der Waals surface area contributed by atoms with Gasteiger partial charge in [0.1, 0.15) is 6.61 Å². The molecule has 0 unspecified atom stereocenters. The van der Waals surface area contributed by atoms with Crippen molar-refractivity contribution in [2.45, 2.75) is 5.92 Å². The third-order valence-electron chi connectivity index (χ3n) is 5.04. The summed E-state index contributed by atoms with van der Waals surface area (Å²) in [5, 5.41) is 4.03. The number of benzene rings is 3. The van der Waals surface area contributed by atoms with Crippen molar-refractivity contribution in [2.75, 3.05) is 13.2 Å². The minimum Gasteiger partial charge on any atom is -0.449 e. The maximum Gasteiger partial charge on any atom is 0.407 e. The number of ether oxygens (including phenoxy) is 1. The molecule has 152 valence electrons. The van der Waals surface area contributed by atoms with Crippen molar-refractivity contribution in [2.24, 2.45) is 0 Å². The molecule has 1 aliphatic rings. The second-order valence-corrected chi connectivity index (χ2v) is 8.12. The third-order valence-corrected chi connectivity index (χ3v) is 6.09. The lowest BCUT2D eigenvalue weighted by Crippen LogP contribution is -2.26. The number of carbonyl (C=O) groups is 1. The molecule has 0 aromatic heterocycles. The molecule has 1 N–H and O–H groups in total. The topological polar surface area (TPSA) is 38.3 Å². The van der Waals surface area contributed by atoms with Gasteiger partial charge in [0.25, 0.3) is 0 Å². The molecule has 3 aromatic carbocycles. The molecule has 6 heteroatoms. The van der Waals surface area contributed by atoms with Gasteiger partial charge in [-0.25, -0.2) is 4.79 Å². The van der Waals surface area contributed by atoms with Gasteiger partial charge in [-0.3, -0.25) is 0 Å². The maximum atomic E-state index is 12.2. The molecule has 0 saturated heterocycles. The fourth-order valence-corrected chi connectivity index (χ4v) is 4.26. The summed E-state index contributed by atoms with van der Waals surface area (Å²) < 4.78 is 5.50. The molecule has 0 aliphatic heterocycles. The van der Waals surface area contributed by atoms with Crippen LogP contribution < -0.4 is 5.32 Å². The van der Waals surface area contributed by atoms with Gasteiger partial charge in [-0.2, -0.15) is 0 Å². The van der Waals surface area contributed by atoms with Gasteiger partial charge in [-0.05, 0) is 39.9 Å². The van der Waals surface area contributed by atoms with Crippen LogP contribution in [-0.2, 0) is 4.74 Å². The third kappa shape index (κ3) is 4.34. The highest BCUT2D eigenvalue weighted by molar-refractivity contribution is 6.43. The molecule has 0 saturated carbocycles. The SMILES string of the molecule is O=C(NCC=Cc1cc(Cl)c(Cl)cc1Cl)OCC1c2ccccc2-c2ccccc21. The van der Waals surface area contributed by atoms with E-state index in [2.05, 4.69) is 29.6 Å². The van der Waals surface area contributed by atoms with Crippen molar-refractivity contribution in [1.82, 2.24) is 5.32 Å². The second kappa shape index (κ2) is 9.13. The van der Waals surface area contributed by atoms with E-state index in [1.54, 1.807) is 24.3 Å². The number of hydrogen-bond acceptors (Lipinski definition) is 2. The van der Waals surface area contributed by atoms with Crippen molar-refractivity contribution < 1.29 is 9.53 Å². The fraction of sp³-hybridized carbons (Fsp3) is 0.125. The van der Waals surface area contributed by atoms with Crippen molar-refractivity contribution in [3.8, 4) is 11.1 Å². The van der Waals surface area contributed by atoms with Crippen LogP contribution in [0.4, 0.5) is 4.79 Å². The molecule has 3 nitrogen and oxygen atoms in total. The summed E-state index contributed by atoms with van der Waals surface area (Å²) in [4.78, 5) is 12.2. The number of carbonyl (C=O) groups excluding carboxylic acids is 1. The first-order chi connectivity index (χ1) is 14.5. The lowest BCUT2D eigenvalue weighted by atomic mass is 9.98. The lowest BCUT2D eigenvalue weighted by Gasteiger charge is -2.14. The second-order valence-electron chi connectivity index (χ2n) is 6.90. The smallest absolute Gasteiger partial charge is 0.407 e. The van der Waals surface area contributed by atoms with E-state index in [1.807, 2.05) is 24.3 Å². The Morgan fingerprint density at radius 2 is 1.50 bits per heavy atom. The minimum absolute atomic E-state index is 0.0358. The van der Waals surface area contributed by atoms with Crippen molar-refractivity contribution in [1.29, 1.82) is 0 Å². The van der Waals surface area contributed by atoms with Crippen LogP contribution in [0.15, 0.2) is 66.7 Å². The van der Waals surface area contributed by atoms with Crippen LogP contribution in [0.2, 0.25) is 15.1 Å². The average molecular weight is 459 g/mol. The lowest BCUT2D eigenvalue weighted by molar-refractivity contribution is 0.144. The van der Waals surface area contributed by atoms with Gasteiger partial charge in [0.15, 0.2) is 0 Å². The zero-order valence-electron chi connectivity index (χ0n) is 15.9. The van der Waals surface area contributed by atoms with E-state index in [0.717, 1.165) is 5.56 Å². The zero-order chi connectivity index (χ0) is 21.1. The molecule has 0 spiro atoms. The predicted molar refractivity (Wildman–Crippen MR) is 124 cm³/mol. The van der Waals surface area contributed by atoms with Gasteiger partial charge in [-0.1, -0.05) is 95.5 Å². The highest BCUT2D eigenvalue weighted by atomic mass is 35.5. The monoisotopic (exact) mass is 457 g/mol. The number of rotatable bonds is 5. The summed E-state index contributed by atoms with van der Waals surface area (Å²) in [7, 11) is 0. The number of halogens is 3. The maximum absolute atomic E-state index is 12.2. The Balaban J connectivity index is 1.34. The van der Waals surface area contributed by atoms with Crippen LogP contribution in [-0.4, -0.2) is 19.2 Å². The molecule has 30 heavy (non-hydrogen) atoms. The van der Waals surface area contributed by atoms with E-state index in [0.29, 0.717) is 21.6 Å². The van der Waals surface area contributed by atoms with E-state index < -0.39 is 6.09 Å². The highest BCUT2D eigenvalue weighted by Crippen LogP contribution is 2.44. The van der Waals surface area contributed by atoms with E-state index in [1.165, 1.54) is 22.3 Å². The molecule has 0 radical (unpaired) electrons. The normalized spacial score (nSPS) is 12.6. The largest absolute Gasteiger partial charge is 0.449 e. The standard InChI is InChI=1S/C24H18Cl3NO2/c25-21-13-23(27)22(26)12-15(21)6-5-11-28-24(29)30-14-20-18-9-3-1-7-16(18)17-8-2-4-10-19(17)20/h1-10,12-13,20H,11,14H2,(H,28,29). The van der Waals surface area contributed by atoms with E-state index >= 15 is 0 Å². The first-order valence-electron chi connectivity index (χ1n) is 9.44.